The number of hydrogen-bond donors (Lipinski definition) is 0. The highest BCUT2D eigenvalue weighted by molar-refractivity contribution is 7.09. The van der Waals surface area contributed by atoms with Gasteiger partial charge in [0, 0.05) is 42.7 Å². The van der Waals surface area contributed by atoms with Gasteiger partial charge in [-0.3, -0.25) is 4.98 Å². The van der Waals surface area contributed by atoms with E-state index >= 15 is 0 Å². The molecule has 0 aromatic carbocycles. The fourth-order valence-electron chi connectivity index (χ4n) is 2.34. The maximum absolute atomic E-state index is 5.73. The van der Waals surface area contributed by atoms with Crippen LogP contribution in [0.2, 0.25) is 0 Å². The van der Waals surface area contributed by atoms with Crippen LogP contribution in [0.25, 0.3) is 0 Å². The summed E-state index contributed by atoms with van der Waals surface area (Å²) in [5.41, 5.74) is 0. The number of aromatic nitrogens is 3. The van der Waals surface area contributed by atoms with Crippen LogP contribution in [0.4, 0.5) is 5.13 Å². The standard InChI is InChI=1S/C14H16N4OS/c1-2-12(6-15-5-1)19-9-10-7-18(8-10)14-16-13(17-20-14)11-3-4-11/h1-2,5-6,10-11H,3-4,7-9H2. The molecule has 1 saturated carbocycles. The summed E-state index contributed by atoms with van der Waals surface area (Å²) in [4.78, 5) is 11.0. The van der Waals surface area contributed by atoms with Crippen LogP contribution in [0.5, 0.6) is 5.75 Å². The van der Waals surface area contributed by atoms with Gasteiger partial charge in [-0.25, -0.2) is 4.98 Å². The van der Waals surface area contributed by atoms with E-state index in [4.69, 9.17) is 4.74 Å². The molecule has 1 aliphatic carbocycles. The molecule has 6 heteroatoms. The molecule has 0 unspecified atom stereocenters. The first-order valence-electron chi connectivity index (χ1n) is 7.00. The maximum Gasteiger partial charge on any atom is 0.205 e. The Morgan fingerprint density at radius 3 is 3.00 bits per heavy atom. The van der Waals surface area contributed by atoms with Crippen LogP contribution in [-0.4, -0.2) is 34.0 Å². The van der Waals surface area contributed by atoms with Gasteiger partial charge in [0.25, 0.3) is 0 Å². The van der Waals surface area contributed by atoms with Gasteiger partial charge in [0.1, 0.15) is 11.6 Å². The topological polar surface area (TPSA) is 51.1 Å². The third kappa shape index (κ3) is 2.47. The molecule has 0 N–H and O–H groups in total. The van der Waals surface area contributed by atoms with Gasteiger partial charge >= 0.3 is 0 Å². The van der Waals surface area contributed by atoms with Crippen LogP contribution in [0.1, 0.15) is 24.6 Å². The Bertz CT molecular complexity index is 578. The number of hydrogen-bond acceptors (Lipinski definition) is 6. The van der Waals surface area contributed by atoms with Crippen molar-refractivity contribution in [3.63, 3.8) is 0 Å². The molecule has 0 amide bonds. The van der Waals surface area contributed by atoms with E-state index in [0.717, 1.165) is 36.4 Å². The van der Waals surface area contributed by atoms with Crippen molar-refractivity contribution in [1.29, 1.82) is 0 Å². The van der Waals surface area contributed by atoms with Crippen molar-refractivity contribution >= 4 is 16.7 Å². The molecule has 3 heterocycles. The molecule has 1 aliphatic heterocycles. The van der Waals surface area contributed by atoms with Gasteiger partial charge in [-0.2, -0.15) is 4.37 Å². The minimum atomic E-state index is 0.573. The zero-order chi connectivity index (χ0) is 13.4. The maximum atomic E-state index is 5.73. The van der Waals surface area contributed by atoms with Gasteiger partial charge in [-0.05, 0) is 25.0 Å². The van der Waals surface area contributed by atoms with Crippen molar-refractivity contribution in [3.8, 4) is 5.75 Å². The van der Waals surface area contributed by atoms with Crippen LogP contribution >= 0.6 is 11.5 Å². The molecule has 2 aromatic heterocycles. The van der Waals surface area contributed by atoms with Gasteiger partial charge < -0.3 is 9.64 Å². The molecule has 2 fully saturated rings. The van der Waals surface area contributed by atoms with Crippen molar-refractivity contribution in [1.82, 2.24) is 14.3 Å². The summed E-state index contributed by atoms with van der Waals surface area (Å²) in [5, 5.41) is 1.07. The lowest BCUT2D eigenvalue weighted by molar-refractivity contribution is 0.220. The van der Waals surface area contributed by atoms with Crippen LogP contribution < -0.4 is 9.64 Å². The van der Waals surface area contributed by atoms with Crippen molar-refractivity contribution < 1.29 is 4.74 Å². The van der Waals surface area contributed by atoms with Crippen molar-refractivity contribution in [3.05, 3.63) is 30.4 Å². The normalized spacial score (nSPS) is 18.9. The lowest BCUT2D eigenvalue weighted by Crippen LogP contribution is -2.49. The molecule has 5 nitrogen and oxygen atoms in total. The highest BCUT2D eigenvalue weighted by Gasteiger charge is 2.32. The molecule has 1 saturated heterocycles. The second kappa shape index (κ2) is 5.01. The summed E-state index contributed by atoms with van der Waals surface area (Å²) in [6.45, 7) is 2.77. The number of rotatable bonds is 5. The molecule has 0 atom stereocenters. The molecule has 4 rings (SSSR count). The second-order valence-electron chi connectivity index (χ2n) is 5.48. The van der Waals surface area contributed by atoms with E-state index in [1.54, 1.807) is 12.4 Å². The highest BCUT2D eigenvalue weighted by atomic mass is 32.1. The number of ether oxygens (including phenoxy) is 1. The minimum absolute atomic E-state index is 0.573. The minimum Gasteiger partial charge on any atom is -0.492 e. The average Bonchev–Trinajstić information content (AvgIpc) is 3.18. The summed E-state index contributed by atoms with van der Waals surface area (Å²) < 4.78 is 10.2. The fraction of sp³-hybridized carbons (Fsp3) is 0.500. The first-order valence-corrected chi connectivity index (χ1v) is 7.77. The summed E-state index contributed by atoms with van der Waals surface area (Å²) >= 11 is 1.53. The van der Waals surface area contributed by atoms with Crippen molar-refractivity contribution in [2.75, 3.05) is 24.6 Å². The first kappa shape index (κ1) is 12.1. The Morgan fingerprint density at radius 2 is 2.25 bits per heavy atom. The van der Waals surface area contributed by atoms with E-state index in [9.17, 15) is 0 Å². The Labute approximate surface area is 121 Å². The summed E-state index contributed by atoms with van der Waals surface area (Å²) in [6, 6.07) is 3.83. The Kier molecular flexibility index (Phi) is 3.03. The number of anilines is 1. The summed E-state index contributed by atoms with van der Waals surface area (Å²) in [5.74, 6) is 3.12. The van der Waals surface area contributed by atoms with E-state index in [2.05, 4.69) is 19.2 Å². The van der Waals surface area contributed by atoms with Crippen molar-refractivity contribution in [2.24, 2.45) is 5.92 Å². The SMILES string of the molecule is c1cncc(OCC2CN(c3nc(C4CC4)ns3)C2)c1. The third-order valence-corrected chi connectivity index (χ3v) is 4.51. The number of nitrogens with zero attached hydrogens (tertiary/aromatic N) is 4. The highest BCUT2D eigenvalue weighted by Crippen LogP contribution is 2.40. The van der Waals surface area contributed by atoms with E-state index in [1.165, 1.54) is 24.4 Å². The molecule has 0 radical (unpaired) electrons. The van der Waals surface area contributed by atoms with Gasteiger partial charge in [0.2, 0.25) is 5.13 Å². The predicted octanol–water partition coefficient (Wildman–Crippen LogP) is 2.33. The lowest BCUT2D eigenvalue weighted by Gasteiger charge is -2.38. The molecule has 20 heavy (non-hydrogen) atoms. The second-order valence-corrected chi connectivity index (χ2v) is 6.21. The van der Waals surface area contributed by atoms with Gasteiger partial charge in [0.05, 0.1) is 12.8 Å². The van der Waals surface area contributed by atoms with Crippen LogP contribution in [0.3, 0.4) is 0 Å². The molecule has 2 aliphatic rings. The quantitative estimate of drug-likeness (QED) is 0.845. The van der Waals surface area contributed by atoms with Crippen LogP contribution in [0, 0.1) is 5.92 Å². The van der Waals surface area contributed by atoms with Gasteiger partial charge in [0.15, 0.2) is 0 Å². The largest absolute Gasteiger partial charge is 0.492 e. The van der Waals surface area contributed by atoms with E-state index in [0.29, 0.717) is 11.8 Å². The molecule has 104 valence electrons. The van der Waals surface area contributed by atoms with Gasteiger partial charge in [-0.1, -0.05) is 0 Å². The zero-order valence-corrected chi connectivity index (χ0v) is 11.9. The molecule has 0 bridgehead atoms. The van der Waals surface area contributed by atoms with E-state index < -0.39 is 0 Å². The smallest absolute Gasteiger partial charge is 0.205 e. The number of pyridine rings is 1. The third-order valence-electron chi connectivity index (χ3n) is 3.72. The predicted molar refractivity (Wildman–Crippen MR) is 77.3 cm³/mol. The average molecular weight is 288 g/mol. The summed E-state index contributed by atoms with van der Waals surface area (Å²) in [6.07, 6.45) is 6.03. The Morgan fingerprint density at radius 1 is 1.35 bits per heavy atom. The fourth-order valence-corrected chi connectivity index (χ4v) is 3.10. The summed E-state index contributed by atoms with van der Waals surface area (Å²) in [7, 11) is 0. The van der Waals surface area contributed by atoms with Gasteiger partial charge in [-0.15, -0.1) is 0 Å². The molecule has 0 spiro atoms. The van der Waals surface area contributed by atoms with Crippen molar-refractivity contribution in [2.45, 2.75) is 18.8 Å². The first-order chi connectivity index (χ1) is 9.88. The Hall–Kier alpha value is -1.69. The van der Waals surface area contributed by atoms with Crippen LogP contribution in [0.15, 0.2) is 24.5 Å². The van der Waals surface area contributed by atoms with Crippen LogP contribution in [-0.2, 0) is 0 Å². The van der Waals surface area contributed by atoms with E-state index in [1.807, 2.05) is 12.1 Å². The van der Waals surface area contributed by atoms with E-state index in [-0.39, 0.29) is 0 Å². The molecular weight excluding hydrogens is 272 g/mol. The molecule has 2 aromatic rings. The lowest BCUT2D eigenvalue weighted by atomic mass is 10.0. The Balaban J connectivity index is 1.26. The monoisotopic (exact) mass is 288 g/mol. The zero-order valence-electron chi connectivity index (χ0n) is 11.1. The molecular formula is C14H16N4OS.